The molecule has 0 spiro atoms. The van der Waals surface area contributed by atoms with Crippen molar-refractivity contribution >= 4 is 22.9 Å². The Morgan fingerprint density at radius 3 is 2.70 bits per heavy atom. The number of nitrogens with two attached hydrogens (primary N) is 1. The number of fused-ring (bicyclic) bond motifs is 1. The van der Waals surface area contributed by atoms with E-state index in [0.29, 0.717) is 23.2 Å². The van der Waals surface area contributed by atoms with Gasteiger partial charge in [0.2, 0.25) is 5.95 Å². The number of nitrogens with zero attached hydrogens (tertiary/aromatic N) is 4. The molecule has 0 bridgehead atoms. The van der Waals surface area contributed by atoms with E-state index in [4.69, 9.17) is 5.73 Å². The van der Waals surface area contributed by atoms with Gasteiger partial charge in [0.1, 0.15) is 5.52 Å². The molecule has 23 heavy (non-hydrogen) atoms. The fourth-order valence-electron chi connectivity index (χ4n) is 2.54. The van der Waals surface area contributed by atoms with E-state index in [1.165, 1.54) is 5.56 Å². The Balaban J connectivity index is 1.75. The van der Waals surface area contributed by atoms with Crippen molar-refractivity contribution in [3.63, 3.8) is 0 Å². The highest BCUT2D eigenvalue weighted by Gasteiger charge is 2.11. The zero-order chi connectivity index (χ0) is 16.2. The monoisotopic (exact) mass is 310 g/mol. The highest BCUT2D eigenvalue weighted by Crippen LogP contribution is 2.19. The maximum Gasteiger partial charge on any atom is 0.226 e. The summed E-state index contributed by atoms with van der Waals surface area (Å²) in [6, 6.07) is 10.3. The van der Waals surface area contributed by atoms with E-state index in [1.807, 2.05) is 22.8 Å². The van der Waals surface area contributed by atoms with E-state index < -0.39 is 0 Å². The third kappa shape index (κ3) is 3.59. The van der Waals surface area contributed by atoms with Crippen LogP contribution in [0.1, 0.15) is 19.4 Å². The van der Waals surface area contributed by atoms with E-state index in [9.17, 15) is 0 Å². The Morgan fingerprint density at radius 1 is 1.17 bits per heavy atom. The zero-order valence-electron chi connectivity index (χ0n) is 13.5. The molecule has 0 saturated carbocycles. The maximum atomic E-state index is 6.02. The second-order valence-electron chi connectivity index (χ2n) is 6.06. The molecule has 6 nitrogen and oxygen atoms in total. The lowest BCUT2D eigenvalue weighted by Crippen LogP contribution is -2.11. The molecule has 0 unspecified atom stereocenters. The average molecular weight is 310 g/mol. The van der Waals surface area contributed by atoms with Gasteiger partial charge in [0.15, 0.2) is 11.5 Å². The summed E-state index contributed by atoms with van der Waals surface area (Å²) in [6.45, 7) is 5.94. The average Bonchev–Trinajstić information content (AvgIpc) is 2.91. The van der Waals surface area contributed by atoms with Gasteiger partial charge in [-0.15, -0.1) is 0 Å². The first kappa shape index (κ1) is 15.3. The third-order valence-corrected chi connectivity index (χ3v) is 3.59. The Labute approximate surface area is 135 Å². The molecule has 2 aromatic heterocycles. The summed E-state index contributed by atoms with van der Waals surface area (Å²) in [4.78, 5) is 13.2. The molecule has 0 amide bonds. The largest absolute Gasteiger partial charge is 0.382 e. The van der Waals surface area contributed by atoms with Crippen molar-refractivity contribution in [2.24, 2.45) is 5.92 Å². The van der Waals surface area contributed by atoms with Crippen molar-refractivity contribution in [1.82, 2.24) is 19.5 Å². The number of aromatic nitrogens is 4. The first-order chi connectivity index (χ1) is 11.1. The second-order valence-corrected chi connectivity index (χ2v) is 6.06. The molecule has 6 heteroatoms. The highest BCUT2D eigenvalue weighted by molar-refractivity contribution is 5.82. The van der Waals surface area contributed by atoms with Gasteiger partial charge < -0.3 is 15.6 Å². The standard InChI is InChI=1S/C17H22N6/c1-12(2)10-23-11-20-14-15(18)21-17(22-16(14)23)19-9-8-13-6-4-3-5-7-13/h3-7,11-12H,8-10H2,1-2H3,(H3,18,19,21,22). The SMILES string of the molecule is CC(C)Cn1cnc2c(N)nc(NCCc3ccccc3)nc21. The van der Waals surface area contributed by atoms with Crippen molar-refractivity contribution < 1.29 is 0 Å². The van der Waals surface area contributed by atoms with Gasteiger partial charge in [0, 0.05) is 13.1 Å². The number of hydrogen-bond acceptors (Lipinski definition) is 5. The van der Waals surface area contributed by atoms with Crippen molar-refractivity contribution in [3.05, 3.63) is 42.2 Å². The summed E-state index contributed by atoms with van der Waals surface area (Å²) in [5.74, 6) is 1.48. The van der Waals surface area contributed by atoms with Crippen LogP contribution in [0.4, 0.5) is 11.8 Å². The van der Waals surface area contributed by atoms with Gasteiger partial charge in [-0.05, 0) is 17.9 Å². The predicted molar refractivity (Wildman–Crippen MR) is 93.2 cm³/mol. The third-order valence-electron chi connectivity index (χ3n) is 3.59. The van der Waals surface area contributed by atoms with Crippen molar-refractivity contribution in [1.29, 1.82) is 0 Å². The summed E-state index contributed by atoms with van der Waals surface area (Å²) >= 11 is 0. The van der Waals surface area contributed by atoms with E-state index in [0.717, 1.165) is 25.2 Å². The summed E-state index contributed by atoms with van der Waals surface area (Å²) in [6.07, 6.45) is 2.69. The second kappa shape index (κ2) is 6.64. The van der Waals surface area contributed by atoms with E-state index >= 15 is 0 Å². The van der Waals surface area contributed by atoms with E-state index in [1.54, 1.807) is 6.33 Å². The molecule has 3 aromatic rings. The van der Waals surface area contributed by atoms with Gasteiger partial charge in [-0.3, -0.25) is 0 Å². The first-order valence-electron chi connectivity index (χ1n) is 7.89. The minimum atomic E-state index is 0.416. The minimum Gasteiger partial charge on any atom is -0.382 e. The van der Waals surface area contributed by atoms with Crippen molar-refractivity contribution in [3.8, 4) is 0 Å². The Kier molecular flexibility index (Phi) is 4.41. The summed E-state index contributed by atoms with van der Waals surface area (Å²) in [7, 11) is 0. The number of benzene rings is 1. The van der Waals surface area contributed by atoms with Crippen LogP contribution in [0.2, 0.25) is 0 Å². The molecule has 0 aliphatic carbocycles. The number of rotatable bonds is 6. The van der Waals surface area contributed by atoms with Gasteiger partial charge in [-0.2, -0.15) is 9.97 Å². The summed E-state index contributed by atoms with van der Waals surface area (Å²) < 4.78 is 2.03. The molecule has 0 radical (unpaired) electrons. The van der Waals surface area contributed by atoms with Crippen LogP contribution in [0.3, 0.4) is 0 Å². The molecule has 0 atom stereocenters. The molecule has 0 fully saturated rings. The van der Waals surface area contributed by atoms with E-state index in [-0.39, 0.29) is 0 Å². The molecule has 3 rings (SSSR count). The molecule has 3 N–H and O–H groups in total. The quantitative estimate of drug-likeness (QED) is 0.731. The summed E-state index contributed by atoms with van der Waals surface area (Å²) in [5.41, 5.74) is 8.75. The van der Waals surface area contributed by atoms with E-state index in [2.05, 4.69) is 46.2 Å². The Hall–Kier alpha value is -2.63. The van der Waals surface area contributed by atoms with Crippen LogP contribution in [0.5, 0.6) is 0 Å². The molecular weight excluding hydrogens is 288 g/mol. The molecule has 0 aliphatic heterocycles. The molecule has 120 valence electrons. The van der Waals surface area contributed by atoms with Crippen LogP contribution >= 0.6 is 0 Å². The normalized spacial score (nSPS) is 11.3. The van der Waals surface area contributed by atoms with Crippen LogP contribution in [0.25, 0.3) is 11.2 Å². The lowest BCUT2D eigenvalue weighted by atomic mass is 10.1. The number of anilines is 2. The van der Waals surface area contributed by atoms with Crippen LogP contribution in [-0.4, -0.2) is 26.1 Å². The number of hydrogen-bond donors (Lipinski definition) is 2. The lowest BCUT2D eigenvalue weighted by Gasteiger charge is -2.09. The topological polar surface area (TPSA) is 81.7 Å². The fraction of sp³-hybridized carbons (Fsp3) is 0.353. The number of nitrogens with one attached hydrogen (secondary N) is 1. The minimum absolute atomic E-state index is 0.416. The van der Waals surface area contributed by atoms with Gasteiger partial charge in [-0.25, -0.2) is 4.98 Å². The van der Waals surface area contributed by atoms with Crippen molar-refractivity contribution in [2.45, 2.75) is 26.8 Å². The van der Waals surface area contributed by atoms with Gasteiger partial charge in [0.25, 0.3) is 0 Å². The summed E-state index contributed by atoms with van der Waals surface area (Å²) in [5, 5.41) is 3.25. The van der Waals surface area contributed by atoms with Crippen LogP contribution < -0.4 is 11.1 Å². The van der Waals surface area contributed by atoms with Crippen LogP contribution in [0.15, 0.2) is 36.7 Å². The molecule has 0 aliphatic rings. The lowest BCUT2D eigenvalue weighted by molar-refractivity contribution is 0.530. The zero-order valence-corrected chi connectivity index (χ0v) is 13.5. The van der Waals surface area contributed by atoms with Gasteiger partial charge in [0.05, 0.1) is 6.33 Å². The molecule has 2 heterocycles. The molecular formula is C17H22N6. The number of nitrogen functional groups attached to an aromatic ring is 1. The Bertz CT molecular complexity index is 778. The number of imidazole rings is 1. The molecule has 1 aromatic carbocycles. The predicted octanol–water partition coefficient (Wildman–Crippen LogP) is 2.72. The maximum absolute atomic E-state index is 6.02. The smallest absolute Gasteiger partial charge is 0.226 e. The first-order valence-corrected chi connectivity index (χ1v) is 7.89. The van der Waals surface area contributed by atoms with Crippen LogP contribution in [-0.2, 0) is 13.0 Å². The van der Waals surface area contributed by atoms with Crippen LogP contribution in [0, 0.1) is 5.92 Å². The molecule has 0 saturated heterocycles. The van der Waals surface area contributed by atoms with Gasteiger partial charge in [-0.1, -0.05) is 44.2 Å². The Morgan fingerprint density at radius 2 is 1.96 bits per heavy atom. The van der Waals surface area contributed by atoms with Crippen molar-refractivity contribution in [2.75, 3.05) is 17.6 Å². The highest BCUT2D eigenvalue weighted by atomic mass is 15.2. The fourth-order valence-corrected chi connectivity index (χ4v) is 2.54. The van der Waals surface area contributed by atoms with Gasteiger partial charge >= 0.3 is 0 Å².